The predicted octanol–water partition coefficient (Wildman–Crippen LogP) is 3.21. The van der Waals surface area contributed by atoms with Gasteiger partial charge in [0.05, 0.1) is 6.04 Å². The highest BCUT2D eigenvalue weighted by Gasteiger charge is 2.30. The molecule has 0 spiro atoms. The van der Waals surface area contributed by atoms with Gasteiger partial charge >= 0.3 is 0 Å². The molecule has 1 aliphatic rings. The molecule has 0 aromatic heterocycles. The summed E-state index contributed by atoms with van der Waals surface area (Å²) >= 11 is 0. The third kappa shape index (κ3) is 3.40. The third-order valence-electron chi connectivity index (χ3n) is 4.22. The quantitative estimate of drug-likeness (QED) is 0.677. The van der Waals surface area contributed by atoms with Gasteiger partial charge in [0, 0.05) is 24.3 Å². The second-order valence-electron chi connectivity index (χ2n) is 6.31. The minimum absolute atomic E-state index is 0.00354. The van der Waals surface area contributed by atoms with Crippen LogP contribution in [0.3, 0.4) is 0 Å². The highest BCUT2D eigenvalue weighted by molar-refractivity contribution is 6.00. The minimum atomic E-state index is 0.00354. The van der Waals surface area contributed by atoms with Gasteiger partial charge in [0.15, 0.2) is 5.78 Å². The summed E-state index contributed by atoms with van der Waals surface area (Å²) in [5, 5.41) is 0. The zero-order valence-corrected chi connectivity index (χ0v) is 12.8. The molecule has 0 radical (unpaired) electrons. The molecule has 0 amide bonds. The molecule has 20 heavy (non-hydrogen) atoms. The highest BCUT2D eigenvalue weighted by atomic mass is 16.1. The number of nitrogens with zero attached hydrogens (tertiary/aromatic N) is 1. The molecule has 110 valence electrons. The van der Waals surface area contributed by atoms with Crippen molar-refractivity contribution in [3.63, 3.8) is 0 Å². The van der Waals surface area contributed by atoms with Gasteiger partial charge in [-0.25, -0.2) is 0 Å². The number of benzene rings is 1. The number of piperidine rings is 1. The van der Waals surface area contributed by atoms with Crippen molar-refractivity contribution >= 4 is 11.5 Å². The van der Waals surface area contributed by atoms with Crippen LogP contribution < -0.4 is 5.73 Å². The fourth-order valence-electron chi connectivity index (χ4n) is 3.41. The number of likely N-dealkylation sites (tertiary alicyclic amines) is 1. The number of rotatable bonds is 4. The molecule has 3 nitrogen and oxygen atoms in total. The first-order valence-electron chi connectivity index (χ1n) is 7.65. The Labute approximate surface area is 122 Å². The topological polar surface area (TPSA) is 46.3 Å². The Balaban J connectivity index is 2.14. The van der Waals surface area contributed by atoms with Crippen molar-refractivity contribution in [2.75, 3.05) is 18.8 Å². The van der Waals surface area contributed by atoms with Crippen LogP contribution in [-0.4, -0.2) is 29.8 Å². The van der Waals surface area contributed by atoms with E-state index in [9.17, 15) is 4.79 Å². The van der Waals surface area contributed by atoms with Gasteiger partial charge < -0.3 is 5.73 Å². The van der Waals surface area contributed by atoms with Crippen molar-refractivity contribution in [2.24, 2.45) is 11.8 Å². The SMILES string of the molecule is CCC(C(=O)c1ccc(N)cc1)N1CC(C)CC(C)C1. The number of hydrogen-bond donors (Lipinski definition) is 1. The average molecular weight is 274 g/mol. The van der Waals surface area contributed by atoms with Crippen LogP contribution in [0.1, 0.15) is 44.0 Å². The van der Waals surface area contributed by atoms with E-state index >= 15 is 0 Å². The Morgan fingerprint density at radius 1 is 1.25 bits per heavy atom. The maximum atomic E-state index is 12.7. The number of nitrogen functional groups attached to an aromatic ring is 1. The fourth-order valence-corrected chi connectivity index (χ4v) is 3.41. The molecule has 2 rings (SSSR count). The molecule has 0 aliphatic carbocycles. The van der Waals surface area contributed by atoms with E-state index in [1.54, 1.807) is 12.1 Å². The summed E-state index contributed by atoms with van der Waals surface area (Å²) in [7, 11) is 0. The lowest BCUT2D eigenvalue weighted by Gasteiger charge is -2.39. The van der Waals surface area contributed by atoms with Crippen molar-refractivity contribution in [1.29, 1.82) is 0 Å². The average Bonchev–Trinajstić information content (AvgIpc) is 2.39. The molecule has 1 heterocycles. The van der Waals surface area contributed by atoms with E-state index < -0.39 is 0 Å². The van der Waals surface area contributed by atoms with E-state index in [1.165, 1.54) is 6.42 Å². The van der Waals surface area contributed by atoms with Crippen LogP contribution >= 0.6 is 0 Å². The van der Waals surface area contributed by atoms with Crippen LogP contribution in [0.25, 0.3) is 0 Å². The van der Waals surface area contributed by atoms with Crippen LogP contribution in [0.5, 0.6) is 0 Å². The standard InChI is InChI=1S/C17H26N2O/c1-4-16(19-10-12(2)9-13(3)11-19)17(20)14-5-7-15(18)8-6-14/h5-8,12-13,16H,4,9-11,18H2,1-3H3. The summed E-state index contributed by atoms with van der Waals surface area (Å²) in [6.45, 7) is 8.73. The second-order valence-corrected chi connectivity index (χ2v) is 6.31. The molecule has 3 heteroatoms. The highest BCUT2D eigenvalue weighted by Crippen LogP contribution is 2.25. The molecule has 2 N–H and O–H groups in total. The first-order chi connectivity index (χ1) is 9.51. The summed E-state index contributed by atoms with van der Waals surface area (Å²) in [4.78, 5) is 15.1. The molecular formula is C17H26N2O. The first kappa shape index (κ1) is 15.0. The van der Waals surface area contributed by atoms with Crippen LogP contribution in [0.15, 0.2) is 24.3 Å². The normalized spacial score (nSPS) is 25.4. The third-order valence-corrected chi connectivity index (χ3v) is 4.22. The van der Waals surface area contributed by atoms with Gasteiger partial charge in [-0.05, 0) is 48.9 Å². The second kappa shape index (κ2) is 6.40. The van der Waals surface area contributed by atoms with Gasteiger partial charge in [0.1, 0.15) is 0 Å². The number of nitrogens with two attached hydrogens (primary N) is 1. The summed E-state index contributed by atoms with van der Waals surface area (Å²) < 4.78 is 0. The van der Waals surface area contributed by atoms with E-state index in [4.69, 9.17) is 5.73 Å². The monoisotopic (exact) mass is 274 g/mol. The molecule has 0 saturated carbocycles. The van der Waals surface area contributed by atoms with Crippen LogP contribution in [-0.2, 0) is 0 Å². The van der Waals surface area contributed by atoms with Gasteiger partial charge in [-0.2, -0.15) is 0 Å². The van der Waals surface area contributed by atoms with Crippen LogP contribution in [0, 0.1) is 11.8 Å². The van der Waals surface area contributed by atoms with Gasteiger partial charge in [-0.3, -0.25) is 9.69 Å². The van der Waals surface area contributed by atoms with E-state index in [-0.39, 0.29) is 11.8 Å². The molecular weight excluding hydrogens is 248 g/mol. The van der Waals surface area contributed by atoms with Gasteiger partial charge in [-0.15, -0.1) is 0 Å². The molecule has 3 atom stereocenters. The number of carbonyl (C=O) groups excluding carboxylic acids is 1. The van der Waals surface area contributed by atoms with Crippen LogP contribution in [0.2, 0.25) is 0 Å². The van der Waals surface area contributed by atoms with Crippen molar-refractivity contribution in [1.82, 2.24) is 4.90 Å². The molecule has 0 bridgehead atoms. The Bertz CT molecular complexity index is 445. The maximum absolute atomic E-state index is 12.7. The molecule has 1 aliphatic heterocycles. The number of anilines is 1. The Kier molecular flexibility index (Phi) is 4.81. The molecule has 3 unspecified atom stereocenters. The van der Waals surface area contributed by atoms with Gasteiger partial charge in [0.25, 0.3) is 0 Å². The molecule has 1 saturated heterocycles. The number of ketones is 1. The predicted molar refractivity (Wildman–Crippen MR) is 83.8 cm³/mol. The lowest BCUT2D eigenvalue weighted by Crippen LogP contribution is -2.48. The van der Waals surface area contributed by atoms with Gasteiger partial charge in [0.2, 0.25) is 0 Å². The maximum Gasteiger partial charge on any atom is 0.179 e. The summed E-state index contributed by atoms with van der Waals surface area (Å²) in [5.41, 5.74) is 7.17. The summed E-state index contributed by atoms with van der Waals surface area (Å²) in [5.74, 6) is 1.58. The van der Waals surface area contributed by atoms with Crippen LogP contribution in [0.4, 0.5) is 5.69 Å². The van der Waals surface area contributed by atoms with Crippen molar-refractivity contribution in [3.8, 4) is 0 Å². The van der Waals surface area contributed by atoms with Gasteiger partial charge in [-0.1, -0.05) is 20.8 Å². The largest absolute Gasteiger partial charge is 0.399 e. The lowest BCUT2D eigenvalue weighted by atomic mass is 9.89. The van der Waals surface area contributed by atoms with Crippen molar-refractivity contribution < 1.29 is 4.79 Å². The van der Waals surface area contributed by atoms with E-state index in [0.717, 1.165) is 25.1 Å². The lowest BCUT2D eigenvalue weighted by molar-refractivity contribution is 0.0640. The minimum Gasteiger partial charge on any atom is -0.399 e. The Morgan fingerprint density at radius 3 is 2.30 bits per heavy atom. The van der Waals surface area contributed by atoms with Crippen molar-refractivity contribution in [3.05, 3.63) is 29.8 Å². The smallest absolute Gasteiger partial charge is 0.179 e. The summed E-state index contributed by atoms with van der Waals surface area (Å²) in [6.07, 6.45) is 2.13. The van der Waals surface area contributed by atoms with E-state index in [0.29, 0.717) is 17.5 Å². The number of Topliss-reactive ketones (excluding diaryl/α,β-unsaturated/α-hetero) is 1. The number of hydrogen-bond acceptors (Lipinski definition) is 3. The zero-order valence-electron chi connectivity index (χ0n) is 12.8. The van der Waals surface area contributed by atoms with Crippen molar-refractivity contribution in [2.45, 2.75) is 39.7 Å². The molecule has 1 fully saturated rings. The molecule has 1 aromatic carbocycles. The Morgan fingerprint density at radius 2 is 1.80 bits per heavy atom. The van der Waals surface area contributed by atoms with E-state index in [2.05, 4.69) is 25.7 Å². The Hall–Kier alpha value is -1.35. The zero-order chi connectivity index (χ0) is 14.7. The molecule has 1 aromatic rings. The summed E-state index contributed by atoms with van der Waals surface area (Å²) in [6, 6.07) is 7.31. The fraction of sp³-hybridized carbons (Fsp3) is 0.588. The first-order valence-corrected chi connectivity index (χ1v) is 7.65. The number of carbonyl (C=O) groups is 1. The van der Waals surface area contributed by atoms with E-state index in [1.807, 2.05) is 12.1 Å².